The standard InChI is InChI=1S/C27H25N7O3/c1-36-21-9-7-20(8-10-21)25-30-24(37-31-25)18-32-13-15-33(16-14-32)27(35)22-17-29-34-23(11-12-28-26(22)34)19-5-3-2-4-6-19/h2-12,17H,13-16,18H2,1H3. The van der Waals surface area contributed by atoms with Crippen molar-refractivity contribution in [1.82, 2.24) is 34.5 Å². The Hall–Kier alpha value is -4.57. The van der Waals surface area contributed by atoms with Gasteiger partial charge in [-0.25, -0.2) is 9.50 Å². The fraction of sp³-hybridized carbons (Fsp3) is 0.222. The fourth-order valence-electron chi connectivity index (χ4n) is 4.52. The predicted octanol–water partition coefficient (Wildman–Crippen LogP) is 3.41. The zero-order valence-corrected chi connectivity index (χ0v) is 20.3. The highest BCUT2D eigenvalue weighted by molar-refractivity contribution is 6.00. The maximum Gasteiger partial charge on any atom is 0.259 e. The lowest BCUT2D eigenvalue weighted by molar-refractivity contribution is 0.0616. The van der Waals surface area contributed by atoms with Gasteiger partial charge in [-0.3, -0.25) is 9.69 Å². The van der Waals surface area contributed by atoms with E-state index in [-0.39, 0.29) is 5.91 Å². The molecule has 0 bridgehead atoms. The van der Waals surface area contributed by atoms with Crippen molar-refractivity contribution in [2.24, 2.45) is 0 Å². The first kappa shape index (κ1) is 22.9. The average molecular weight is 496 g/mol. The van der Waals surface area contributed by atoms with Gasteiger partial charge >= 0.3 is 0 Å². The van der Waals surface area contributed by atoms with Gasteiger partial charge in [-0.05, 0) is 30.3 Å². The zero-order chi connectivity index (χ0) is 25.2. The van der Waals surface area contributed by atoms with E-state index in [1.165, 1.54) is 0 Å². The molecule has 4 heterocycles. The number of benzene rings is 2. The van der Waals surface area contributed by atoms with E-state index in [0.717, 1.165) is 22.6 Å². The summed E-state index contributed by atoms with van der Waals surface area (Å²) in [4.78, 5) is 26.4. The maximum absolute atomic E-state index is 13.4. The van der Waals surface area contributed by atoms with E-state index in [2.05, 4.69) is 25.1 Å². The van der Waals surface area contributed by atoms with Gasteiger partial charge in [0.15, 0.2) is 5.65 Å². The molecule has 6 rings (SSSR count). The van der Waals surface area contributed by atoms with Crippen molar-refractivity contribution in [3.05, 3.63) is 84.5 Å². The van der Waals surface area contributed by atoms with E-state index < -0.39 is 0 Å². The normalized spacial score (nSPS) is 14.2. The first-order valence-electron chi connectivity index (χ1n) is 12.1. The van der Waals surface area contributed by atoms with Gasteiger partial charge in [0.05, 0.1) is 25.5 Å². The molecule has 37 heavy (non-hydrogen) atoms. The number of hydrogen-bond donors (Lipinski definition) is 0. The number of rotatable bonds is 6. The summed E-state index contributed by atoms with van der Waals surface area (Å²) in [5.74, 6) is 1.80. The summed E-state index contributed by atoms with van der Waals surface area (Å²) in [7, 11) is 1.63. The highest BCUT2D eigenvalue weighted by atomic mass is 16.5. The fourth-order valence-corrected chi connectivity index (χ4v) is 4.52. The average Bonchev–Trinajstić information content (AvgIpc) is 3.61. The molecular weight excluding hydrogens is 470 g/mol. The van der Waals surface area contributed by atoms with Gasteiger partial charge < -0.3 is 14.2 Å². The van der Waals surface area contributed by atoms with Gasteiger partial charge in [-0.1, -0.05) is 35.5 Å². The topological polar surface area (TPSA) is 102 Å². The minimum absolute atomic E-state index is 0.0630. The number of carbonyl (C=O) groups is 1. The number of hydrogen-bond acceptors (Lipinski definition) is 8. The molecule has 10 nitrogen and oxygen atoms in total. The third kappa shape index (κ3) is 4.54. The molecule has 1 saturated heterocycles. The summed E-state index contributed by atoms with van der Waals surface area (Å²) in [6.45, 7) is 3.12. The lowest BCUT2D eigenvalue weighted by atomic mass is 10.1. The second kappa shape index (κ2) is 9.82. The van der Waals surface area contributed by atoms with Gasteiger partial charge in [-0.15, -0.1) is 0 Å². The molecule has 5 aromatic rings. The van der Waals surface area contributed by atoms with E-state index >= 15 is 0 Å². The van der Waals surface area contributed by atoms with Crippen LogP contribution >= 0.6 is 0 Å². The molecule has 0 spiro atoms. The van der Waals surface area contributed by atoms with Crippen molar-refractivity contribution >= 4 is 11.6 Å². The van der Waals surface area contributed by atoms with Gasteiger partial charge in [-0.2, -0.15) is 10.1 Å². The summed E-state index contributed by atoms with van der Waals surface area (Å²) in [5, 5.41) is 8.59. The Morgan fingerprint density at radius 1 is 0.973 bits per heavy atom. The van der Waals surface area contributed by atoms with Gasteiger partial charge in [0.2, 0.25) is 11.7 Å². The van der Waals surface area contributed by atoms with Gasteiger partial charge in [0.1, 0.15) is 11.3 Å². The van der Waals surface area contributed by atoms with E-state index in [9.17, 15) is 4.79 Å². The van der Waals surface area contributed by atoms with Crippen LogP contribution < -0.4 is 4.74 Å². The molecule has 0 aliphatic carbocycles. The van der Waals surface area contributed by atoms with Gasteiger partial charge in [0.25, 0.3) is 5.91 Å². The second-order valence-corrected chi connectivity index (χ2v) is 8.80. The highest BCUT2D eigenvalue weighted by Crippen LogP contribution is 2.23. The first-order valence-corrected chi connectivity index (χ1v) is 12.1. The lowest BCUT2D eigenvalue weighted by Crippen LogP contribution is -2.48. The minimum atomic E-state index is -0.0630. The van der Waals surface area contributed by atoms with Crippen LogP contribution in [0.2, 0.25) is 0 Å². The molecule has 186 valence electrons. The molecular formula is C27H25N7O3. The number of aromatic nitrogens is 5. The molecule has 0 saturated carbocycles. The van der Waals surface area contributed by atoms with Crippen LogP contribution in [-0.2, 0) is 6.54 Å². The molecule has 0 radical (unpaired) electrons. The SMILES string of the molecule is COc1ccc(-c2noc(CN3CCN(C(=O)c4cnn5c(-c6ccccc6)ccnc45)CC3)n2)cc1. The van der Waals surface area contributed by atoms with Crippen LogP contribution in [0.25, 0.3) is 28.3 Å². The quantitative estimate of drug-likeness (QED) is 0.353. The number of ether oxygens (including phenoxy) is 1. The largest absolute Gasteiger partial charge is 0.497 e. The van der Waals surface area contributed by atoms with Crippen molar-refractivity contribution < 1.29 is 14.1 Å². The number of carbonyl (C=O) groups excluding carboxylic acids is 1. The van der Waals surface area contributed by atoms with Crippen molar-refractivity contribution in [2.75, 3.05) is 33.3 Å². The lowest BCUT2D eigenvalue weighted by Gasteiger charge is -2.33. The van der Waals surface area contributed by atoms with E-state index in [4.69, 9.17) is 9.26 Å². The molecule has 0 unspecified atom stereocenters. The smallest absolute Gasteiger partial charge is 0.259 e. The Balaban J connectivity index is 1.10. The van der Waals surface area contributed by atoms with Crippen LogP contribution in [0.3, 0.4) is 0 Å². The number of amides is 1. The minimum Gasteiger partial charge on any atom is -0.497 e. The van der Waals surface area contributed by atoms with E-state index in [0.29, 0.717) is 55.6 Å². The monoisotopic (exact) mass is 495 g/mol. The summed E-state index contributed by atoms with van der Waals surface area (Å²) >= 11 is 0. The van der Waals surface area contributed by atoms with E-state index in [1.807, 2.05) is 65.6 Å². The van der Waals surface area contributed by atoms with E-state index in [1.54, 1.807) is 24.0 Å². The molecule has 0 atom stereocenters. The molecule has 10 heteroatoms. The van der Waals surface area contributed by atoms with Crippen LogP contribution in [0, 0.1) is 0 Å². The molecule has 2 aromatic carbocycles. The van der Waals surface area contributed by atoms with Crippen molar-refractivity contribution in [1.29, 1.82) is 0 Å². The van der Waals surface area contributed by atoms with Crippen molar-refractivity contribution in [3.63, 3.8) is 0 Å². The Bertz CT molecular complexity index is 1520. The number of nitrogens with zero attached hydrogens (tertiary/aromatic N) is 7. The zero-order valence-electron chi connectivity index (χ0n) is 20.3. The molecule has 1 aliphatic rings. The molecule has 1 aliphatic heterocycles. The number of piperazine rings is 1. The second-order valence-electron chi connectivity index (χ2n) is 8.80. The Morgan fingerprint density at radius 2 is 1.76 bits per heavy atom. The van der Waals surface area contributed by atoms with Crippen LogP contribution in [0.5, 0.6) is 5.75 Å². The molecule has 1 amide bonds. The van der Waals surface area contributed by atoms with Crippen LogP contribution in [0.1, 0.15) is 16.2 Å². The molecule has 1 fully saturated rings. The summed E-state index contributed by atoms with van der Waals surface area (Å²) in [5.41, 5.74) is 3.84. The highest BCUT2D eigenvalue weighted by Gasteiger charge is 2.26. The number of fused-ring (bicyclic) bond motifs is 1. The Labute approximate surface area is 213 Å². The van der Waals surface area contributed by atoms with Crippen molar-refractivity contribution in [3.8, 4) is 28.4 Å². The van der Waals surface area contributed by atoms with Crippen molar-refractivity contribution in [2.45, 2.75) is 6.54 Å². The summed E-state index contributed by atoms with van der Waals surface area (Å²) in [6.07, 6.45) is 3.33. The summed E-state index contributed by atoms with van der Waals surface area (Å²) in [6, 6.07) is 19.4. The maximum atomic E-state index is 13.4. The van der Waals surface area contributed by atoms with Crippen LogP contribution in [0.4, 0.5) is 0 Å². The third-order valence-corrected chi connectivity index (χ3v) is 6.54. The molecule has 3 aromatic heterocycles. The summed E-state index contributed by atoms with van der Waals surface area (Å²) < 4.78 is 12.4. The third-order valence-electron chi connectivity index (χ3n) is 6.54. The Kier molecular flexibility index (Phi) is 6.07. The van der Waals surface area contributed by atoms with Gasteiger partial charge in [0, 0.05) is 43.5 Å². The van der Waals surface area contributed by atoms with Crippen LogP contribution in [-0.4, -0.2) is 73.7 Å². The number of methoxy groups -OCH3 is 1. The first-order chi connectivity index (χ1) is 18.2. The predicted molar refractivity (Wildman–Crippen MR) is 136 cm³/mol. The molecule has 0 N–H and O–H groups in total. The van der Waals surface area contributed by atoms with Crippen LogP contribution in [0.15, 0.2) is 77.6 Å². The Morgan fingerprint density at radius 3 is 2.51 bits per heavy atom.